The predicted molar refractivity (Wildman–Crippen MR) is 54.3 cm³/mol. The minimum Gasteiger partial charge on any atom is -0.397 e. The molecular weight excluding hydrogens is 210 g/mol. The number of nitrogens with two attached hydrogens (primary N) is 1. The monoisotopic (exact) mass is 218 g/mol. The molecule has 0 atom stereocenters. The van der Waals surface area contributed by atoms with Gasteiger partial charge in [-0.25, -0.2) is 8.78 Å². The van der Waals surface area contributed by atoms with E-state index in [-0.39, 0.29) is 12.2 Å². The lowest BCUT2D eigenvalue weighted by Gasteiger charge is -2.08. The van der Waals surface area contributed by atoms with E-state index >= 15 is 0 Å². The Morgan fingerprint density at radius 2 is 2.00 bits per heavy atom. The molecule has 0 amide bonds. The van der Waals surface area contributed by atoms with Crippen molar-refractivity contribution in [3.05, 3.63) is 35.4 Å². The summed E-state index contributed by atoms with van der Waals surface area (Å²) in [6.45, 7) is 3.68. The summed E-state index contributed by atoms with van der Waals surface area (Å²) in [5.74, 6) is -1.93. The third-order valence-corrected chi connectivity index (χ3v) is 1.70. The molecule has 0 saturated heterocycles. The van der Waals surface area contributed by atoms with Crippen LogP contribution < -0.4 is 11.1 Å². The van der Waals surface area contributed by atoms with Crippen LogP contribution in [0.2, 0.25) is 0 Å². The van der Waals surface area contributed by atoms with E-state index in [0.29, 0.717) is 10.7 Å². The van der Waals surface area contributed by atoms with Gasteiger partial charge in [0.1, 0.15) is 0 Å². The molecule has 0 fully saturated rings. The van der Waals surface area contributed by atoms with E-state index < -0.39 is 11.6 Å². The van der Waals surface area contributed by atoms with Crippen LogP contribution in [0, 0.1) is 11.6 Å². The maximum absolute atomic E-state index is 12.8. The van der Waals surface area contributed by atoms with Crippen LogP contribution in [0.5, 0.6) is 0 Å². The largest absolute Gasteiger partial charge is 0.397 e. The molecule has 76 valence electrons. The first-order valence-electron chi connectivity index (χ1n) is 3.82. The fourth-order valence-electron chi connectivity index (χ4n) is 0.906. The highest BCUT2D eigenvalue weighted by Crippen LogP contribution is 2.22. The van der Waals surface area contributed by atoms with Gasteiger partial charge in [0.05, 0.1) is 17.9 Å². The second-order valence-electron chi connectivity index (χ2n) is 2.72. The molecule has 0 spiro atoms. The fraction of sp³-hybridized carbons (Fsp3) is 0.111. The van der Waals surface area contributed by atoms with E-state index in [1.165, 1.54) is 0 Å². The minimum atomic E-state index is -0.974. The van der Waals surface area contributed by atoms with E-state index in [1.54, 1.807) is 0 Å². The second-order valence-corrected chi connectivity index (χ2v) is 3.26. The van der Waals surface area contributed by atoms with Gasteiger partial charge in [-0.3, -0.25) is 0 Å². The molecule has 0 unspecified atom stereocenters. The lowest BCUT2D eigenvalue weighted by atomic mass is 10.2. The quantitative estimate of drug-likeness (QED) is 0.766. The topological polar surface area (TPSA) is 38.0 Å². The Morgan fingerprint density at radius 1 is 1.43 bits per heavy atom. The maximum atomic E-state index is 12.8. The number of rotatable bonds is 3. The molecular formula is C9H9ClF2N2. The van der Waals surface area contributed by atoms with Gasteiger partial charge in [0, 0.05) is 17.2 Å². The number of benzene rings is 1. The average Bonchev–Trinajstić information content (AvgIpc) is 2.09. The van der Waals surface area contributed by atoms with Crippen LogP contribution in [-0.4, -0.2) is 6.54 Å². The van der Waals surface area contributed by atoms with Crippen LogP contribution in [0.4, 0.5) is 20.2 Å². The first-order valence-corrected chi connectivity index (χ1v) is 4.20. The van der Waals surface area contributed by atoms with Gasteiger partial charge in [0.25, 0.3) is 0 Å². The second kappa shape index (κ2) is 4.28. The van der Waals surface area contributed by atoms with E-state index in [1.807, 2.05) is 0 Å². The highest BCUT2D eigenvalue weighted by Gasteiger charge is 2.06. The molecule has 0 saturated carbocycles. The van der Waals surface area contributed by atoms with Crippen LogP contribution in [0.1, 0.15) is 0 Å². The zero-order valence-corrected chi connectivity index (χ0v) is 8.04. The molecule has 2 nitrogen and oxygen atoms in total. The number of hydrogen-bond acceptors (Lipinski definition) is 2. The zero-order valence-electron chi connectivity index (χ0n) is 7.28. The third kappa shape index (κ3) is 2.60. The van der Waals surface area contributed by atoms with E-state index in [0.717, 1.165) is 12.1 Å². The van der Waals surface area contributed by atoms with E-state index in [2.05, 4.69) is 11.9 Å². The summed E-state index contributed by atoms with van der Waals surface area (Å²) < 4.78 is 25.4. The molecule has 5 heteroatoms. The Kier molecular flexibility index (Phi) is 3.30. The van der Waals surface area contributed by atoms with Crippen molar-refractivity contribution in [3.8, 4) is 0 Å². The van der Waals surface area contributed by atoms with Crippen LogP contribution in [0.25, 0.3) is 0 Å². The lowest BCUT2D eigenvalue weighted by Crippen LogP contribution is -2.05. The Bertz CT molecular complexity index is 366. The Labute approximate surface area is 85.4 Å². The summed E-state index contributed by atoms with van der Waals surface area (Å²) in [5.41, 5.74) is 5.86. The molecule has 14 heavy (non-hydrogen) atoms. The molecule has 1 rings (SSSR count). The van der Waals surface area contributed by atoms with Gasteiger partial charge < -0.3 is 11.1 Å². The highest BCUT2D eigenvalue weighted by atomic mass is 35.5. The number of halogens is 3. The molecule has 0 aromatic heterocycles. The Hall–Kier alpha value is -1.29. The van der Waals surface area contributed by atoms with Crippen LogP contribution >= 0.6 is 11.6 Å². The molecule has 1 aromatic carbocycles. The van der Waals surface area contributed by atoms with Gasteiger partial charge in [-0.1, -0.05) is 18.2 Å². The molecule has 0 aliphatic heterocycles. The number of hydrogen-bond donors (Lipinski definition) is 2. The normalized spacial score (nSPS) is 9.93. The maximum Gasteiger partial charge on any atom is 0.161 e. The fourth-order valence-corrected chi connectivity index (χ4v) is 0.973. The van der Waals surface area contributed by atoms with Crippen molar-refractivity contribution in [1.29, 1.82) is 0 Å². The van der Waals surface area contributed by atoms with Gasteiger partial charge in [-0.2, -0.15) is 0 Å². The summed E-state index contributed by atoms with van der Waals surface area (Å²) in [6, 6.07) is 1.89. The predicted octanol–water partition coefficient (Wildman–Crippen LogP) is 2.71. The number of nitrogen functional groups attached to an aromatic ring is 1. The van der Waals surface area contributed by atoms with Crippen molar-refractivity contribution in [2.24, 2.45) is 0 Å². The van der Waals surface area contributed by atoms with Gasteiger partial charge >= 0.3 is 0 Å². The number of nitrogens with one attached hydrogen (secondary N) is 1. The summed E-state index contributed by atoms with van der Waals surface area (Å²) in [7, 11) is 0. The molecule has 0 radical (unpaired) electrons. The standard InChI is InChI=1S/C9H9ClF2N2/c1-5(10)4-14-9-3-7(12)6(11)2-8(9)13/h2-3,14H,1,4,13H2. The van der Waals surface area contributed by atoms with Crippen molar-refractivity contribution in [2.45, 2.75) is 0 Å². The zero-order chi connectivity index (χ0) is 10.7. The van der Waals surface area contributed by atoms with E-state index in [9.17, 15) is 8.78 Å². The van der Waals surface area contributed by atoms with Crippen molar-refractivity contribution in [1.82, 2.24) is 0 Å². The Morgan fingerprint density at radius 3 is 2.57 bits per heavy atom. The van der Waals surface area contributed by atoms with E-state index in [4.69, 9.17) is 17.3 Å². The molecule has 0 aliphatic carbocycles. The molecule has 3 N–H and O–H groups in total. The summed E-state index contributed by atoms with van der Waals surface area (Å²) in [5, 5.41) is 3.07. The molecule has 0 heterocycles. The first kappa shape index (κ1) is 10.8. The van der Waals surface area contributed by atoms with Crippen LogP contribution in [0.3, 0.4) is 0 Å². The molecule has 0 bridgehead atoms. The number of anilines is 2. The SMILES string of the molecule is C=C(Cl)CNc1cc(F)c(F)cc1N. The highest BCUT2D eigenvalue weighted by molar-refractivity contribution is 6.29. The lowest BCUT2D eigenvalue weighted by molar-refractivity contribution is 0.509. The minimum absolute atomic E-state index is 0.127. The van der Waals surface area contributed by atoms with Crippen molar-refractivity contribution < 1.29 is 8.78 Å². The van der Waals surface area contributed by atoms with Crippen molar-refractivity contribution in [2.75, 3.05) is 17.6 Å². The van der Waals surface area contributed by atoms with Crippen LogP contribution in [-0.2, 0) is 0 Å². The summed E-state index contributed by atoms with van der Waals surface area (Å²) in [6.07, 6.45) is 0. The average molecular weight is 219 g/mol. The van der Waals surface area contributed by atoms with Crippen molar-refractivity contribution >= 4 is 23.0 Å². The molecule has 1 aromatic rings. The van der Waals surface area contributed by atoms with Crippen LogP contribution in [0.15, 0.2) is 23.7 Å². The van der Waals surface area contributed by atoms with Crippen molar-refractivity contribution in [3.63, 3.8) is 0 Å². The first-order chi connectivity index (χ1) is 6.50. The van der Waals surface area contributed by atoms with Gasteiger partial charge in [-0.15, -0.1) is 0 Å². The van der Waals surface area contributed by atoms with Gasteiger partial charge in [0.15, 0.2) is 11.6 Å². The molecule has 0 aliphatic rings. The van der Waals surface area contributed by atoms with Gasteiger partial charge in [-0.05, 0) is 0 Å². The summed E-state index contributed by atoms with van der Waals surface area (Å²) >= 11 is 5.49. The summed E-state index contributed by atoms with van der Waals surface area (Å²) in [4.78, 5) is 0. The van der Waals surface area contributed by atoms with Gasteiger partial charge in [0.2, 0.25) is 0 Å². The third-order valence-electron chi connectivity index (χ3n) is 1.56. The smallest absolute Gasteiger partial charge is 0.161 e. The Balaban J connectivity index is 2.87.